The van der Waals surface area contributed by atoms with Crippen LogP contribution < -0.4 is 5.32 Å². The van der Waals surface area contributed by atoms with Crippen LogP contribution in [0.2, 0.25) is 0 Å². The van der Waals surface area contributed by atoms with Gasteiger partial charge in [-0.25, -0.2) is 4.79 Å². The van der Waals surface area contributed by atoms with Gasteiger partial charge in [-0.2, -0.15) is 0 Å². The molecule has 6 nitrogen and oxygen atoms in total. The van der Waals surface area contributed by atoms with Crippen molar-refractivity contribution in [2.24, 2.45) is 5.92 Å². The van der Waals surface area contributed by atoms with E-state index < -0.39 is 11.9 Å². The Kier molecular flexibility index (Phi) is 6.72. The molecule has 1 aliphatic heterocycles. The van der Waals surface area contributed by atoms with Crippen molar-refractivity contribution >= 4 is 12.0 Å². The molecule has 2 fully saturated rings. The summed E-state index contributed by atoms with van der Waals surface area (Å²) in [5.74, 6) is -1.26. The van der Waals surface area contributed by atoms with E-state index in [4.69, 9.17) is 5.11 Å². The Morgan fingerprint density at radius 3 is 2.52 bits per heavy atom. The van der Waals surface area contributed by atoms with Crippen LogP contribution in [0.25, 0.3) is 0 Å². The van der Waals surface area contributed by atoms with Gasteiger partial charge in [0.1, 0.15) is 0 Å². The van der Waals surface area contributed by atoms with Gasteiger partial charge in [-0.05, 0) is 37.4 Å². The molecule has 1 saturated heterocycles. The molecule has 1 aromatic rings. The summed E-state index contributed by atoms with van der Waals surface area (Å²) < 4.78 is 0. The van der Waals surface area contributed by atoms with Crippen molar-refractivity contribution in [3.05, 3.63) is 35.4 Å². The zero-order chi connectivity index (χ0) is 19.2. The van der Waals surface area contributed by atoms with E-state index >= 15 is 0 Å². The summed E-state index contributed by atoms with van der Waals surface area (Å²) in [5.41, 5.74) is 2.37. The van der Waals surface area contributed by atoms with Crippen molar-refractivity contribution in [3.63, 3.8) is 0 Å². The molecule has 1 atom stereocenters. The summed E-state index contributed by atoms with van der Waals surface area (Å²) >= 11 is 0. The molecular weight excluding hydrogens is 342 g/mol. The molecule has 0 radical (unpaired) electrons. The van der Waals surface area contributed by atoms with E-state index in [9.17, 15) is 9.59 Å². The molecule has 0 spiro atoms. The van der Waals surface area contributed by atoms with Crippen LogP contribution in [-0.4, -0.2) is 53.1 Å². The molecule has 2 aliphatic rings. The highest BCUT2D eigenvalue weighted by atomic mass is 16.4. The van der Waals surface area contributed by atoms with Crippen LogP contribution in [-0.2, 0) is 17.9 Å². The first-order valence-electron chi connectivity index (χ1n) is 10.1. The monoisotopic (exact) mass is 373 g/mol. The summed E-state index contributed by atoms with van der Waals surface area (Å²) in [7, 11) is 2.20. The lowest BCUT2D eigenvalue weighted by Gasteiger charge is -2.31. The average molecular weight is 373 g/mol. The SMILES string of the molecule is CN(Cc1ccccc1CNC(=O)N1CCC(C(=O)O)C1)C1CCCCC1. The Bertz CT molecular complexity index is 658. The lowest BCUT2D eigenvalue weighted by Crippen LogP contribution is -2.39. The minimum atomic E-state index is -0.818. The number of nitrogens with one attached hydrogen (secondary N) is 1. The third-order valence-electron chi connectivity index (χ3n) is 5.99. The van der Waals surface area contributed by atoms with Gasteiger partial charge in [-0.3, -0.25) is 9.69 Å². The predicted molar refractivity (Wildman–Crippen MR) is 104 cm³/mol. The maximum Gasteiger partial charge on any atom is 0.317 e. The maximum absolute atomic E-state index is 12.4. The molecule has 2 N–H and O–H groups in total. The van der Waals surface area contributed by atoms with E-state index in [1.165, 1.54) is 37.7 Å². The summed E-state index contributed by atoms with van der Waals surface area (Å²) in [5, 5.41) is 12.1. The molecule has 1 heterocycles. The highest BCUT2D eigenvalue weighted by Crippen LogP contribution is 2.23. The number of hydrogen-bond donors (Lipinski definition) is 2. The van der Waals surface area contributed by atoms with E-state index in [-0.39, 0.29) is 6.03 Å². The Morgan fingerprint density at radius 1 is 1.15 bits per heavy atom. The summed E-state index contributed by atoms with van der Waals surface area (Å²) in [4.78, 5) is 27.5. The van der Waals surface area contributed by atoms with Gasteiger partial charge in [0, 0.05) is 32.2 Å². The van der Waals surface area contributed by atoms with Crippen LogP contribution in [0.5, 0.6) is 0 Å². The smallest absolute Gasteiger partial charge is 0.317 e. The van der Waals surface area contributed by atoms with Crippen molar-refractivity contribution < 1.29 is 14.7 Å². The number of aliphatic carboxylic acids is 1. The second kappa shape index (κ2) is 9.22. The first-order chi connectivity index (χ1) is 13.0. The van der Waals surface area contributed by atoms with Crippen molar-refractivity contribution in [1.82, 2.24) is 15.1 Å². The van der Waals surface area contributed by atoms with E-state index in [1.54, 1.807) is 4.90 Å². The number of rotatable bonds is 6. The fourth-order valence-electron chi connectivity index (χ4n) is 4.23. The number of carboxylic acid groups (broad SMARTS) is 1. The van der Waals surface area contributed by atoms with Gasteiger partial charge < -0.3 is 15.3 Å². The molecule has 3 rings (SSSR count). The number of urea groups is 1. The third-order valence-corrected chi connectivity index (χ3v) is 5.99. The largest absolute Gasteiger partial charge is 0.481 e. The van der Waals surface area contributed by atoms with Crippen LogP contribution in [0.15, 0.2) is 24.3 Å². The number of carbonyl (C=O) groups excluding carboxylic acids is 1. The van der Waals surface area contributed by atoms with Gasteiger partial charge in [0.15, 0.2) is 0 Å². The van der Waals surface area contributed by atoms with E-state index in [0.717, 1.165) is 12.1 Å². The molecule has 2 amide bonds. The third kappa shape index (κ3) is 5.22. The van der Waals surface area contributed by atoms with Crippen LogP contribution in [0.1, 0.15) is 49.7 Å². The van der Waals surface area contributed by atoms with E-state index in [0.29, 0.717) is 32.1 Å². The fraction of sp³-hybridized carbons (Fsp3) is 0.619. The molecule has 27 heavy (non-hydrogen) atoms. The van der Waals surface area contributed by atoms with Gasteiger partial charge in [-0.1, -0.05) is 43.5 Å². The number of benzene rings is 1. The molecule has 1 saturated carbocycles. The van der Waals surface area contributed by atoms with Gasteiger partial charge in [0.05, 0.1) is 5.92 Å². The number of amides is 2. The minimum Gasteiger partial charge on any atom is -0.481 e. The number of likely N-dealkylation sites (tertiary alicyclic amines) is 1. The highest BCUT2D eigenvalue weighted by Gasteiger charge is 2.30. The van der Waals surface area contributed by atoms with Crippen molar-refractivity contribution in [1.29, 1.82) is 0 Å². The van der Waals surface area contributed by atoms with Crippen LogP contribution in [0.3, 0.4) is 0 Å². The molecule has 6 heteroatoms. The first kappa shape index (κ1) is 19.7. The topological polar surface area (TPSA) is 72.9 Å². The molecule has 0 bridgehead atoms. The summed E-state index contributed by atoms with van der Waals surface area (Å²) in [6.07, 6.45) is 7.07. The maximum atomic E-state index is 12.4. The van der Waals surface area contributed by atoms with Gasteiger partial charge in [-0.15, -0.1) is 0 Å². The van der Waals surface area contributed by atoms with Crippen molar-refractivity contribution in [2.75, 3.05) is 20.1 Å². The predicted octanol–water partition coefficient (Wildman–Crippen LogP) is 3.07. The average Bonchev–Trinajstić information content (AvgIpc) is 3.18. The quantitative estimate of drug-likeness (QED) is 0.804. The second-order valence-corrected chi connectivity index (χ2v) is 7.90. The molecule has 1 unspecified atom stereocenters. The Hall–Kier alpha value is -2.08. The number of carboxylic acids is 1. The van der Waals surface area contributed by atoms with E-state index in [2.05, 4.69) is 29.4 Å². The molecule has 148 valence electrons. The van der Waals surface area contributed by atoms with Crippen LogP contribution >= 0.6 is 0 Å². The molecule has 1 aromatic carbocycles. The minimum absolute atomic E-state index is 0.172. The Morgan fingerprint density at radius 2 is 1.85 bits per heavy atom. The standard InChI is InChI=1S/C21H31N3O3/c1-23(19-9-3-2-4-10-19)14-17-8-6-5-7-16(17)13-22-21(27)24-12-11-18(15-24)20(25)26/h5-8,18-19H,2-4,9-15H2,1H3,(H,22,27)(H,25,26). The fourth-order valence-corrected chi connectivity index (χ4v) is 4.23. The first-order valence-corrected chi connectivity index (χ1v) is 10.1. The lowest BCUT2D eigenvalue weighted by atomic mass is 9.94. The van der Waals surface area contributed by atoms with Gasteiger partial charge in [0.2, 0.25) is 0 Å². The van der Waals surface area contributed by atoms with Gasteiger partial charge in [0.25, 0.3) is 0 Å². The number of nitrogens with zero attached hydrogens (tertiary/aromatic N) is 2. The molecule has 1 aliphatic carbocycles. The van der Waals surface area contributed by atoms with Crippen molar-refractivity contribution in [3.8, 4) is 0 Å². The highest BCUT2D eigenvalue weighted by molar-refractivity contribution is 5.77. The molecular formula is C21H31N3O3. The van der Waals surface area contributed by atoms with Crippen LogP contribution in [0.4, 0.5) is 4.79 Å². The summed E-state index contributed by atoms with van der Waals surface area (Å²) in [6.45, 7) is 2.17. The molecule has 0 aromatic heterocycles. The summed E-state index contributed by atoms with van der Waals surface area (Å²) in [6, 6.07) is 8.73. The Labute approximate surface area is 161 Å². The lowest BCUT2D eigenvalue weighted by molar-refractivity contribution is -0.141. The zero-order valence-electron chi connectivity index (χ0n) is 16.2. The van der Waals surface area contributed by atoms with E-state index in [1.807, 2.05) is 12.1 Å². The Balaban J connectivity index is 1.54. The number of carbonyl (C=O) groups is 2. The number of hydrogen-bond acceptors (Lipinski definition) is 3. The second-order valence-electron chi connectivity index (χ2n) is 7.90. The normalized spacial score (nSPS) is 20.8. The van der Waals surface area contributed by atoms with Crippen LogP contribution in [0, 0.1) is 5.92 Å². The van der Waals surface area contributed by atoms with Crippen molar-refractivity contribution in [2.45, 2.75) is 57.7 Å². The zero-order valence-corrected chi connectivity index (χ0v) is 16.2. The van der Waals surface area contributed by atoms with Gasteiger partial charge >= 0.3 is 12.0 Å².